The molecule has 0 amide bonds. The molecule has 3 nitrogen and oxygen atoms in total. The van der Waals surface area contributed by atoms with Gasteiger partial charge in [0.15, 0.2) is 23.3 Å². The van der Waals surface area contributed by atoms with Crippen molar-refractivity contribution in [3.8, 4) is 6.07 Å². The Hall–Kier alpha value is -2.69. The van der Waals surface area contributed by atoms with Crippen LogP contribution in [0.2, 0.25) is 0 Å². The SMILES string of the molecule is N#Cc1ncccc1CNc1c(F)c(F)c(F)c(F)c1F. The van der Waals surface area contributed by atoms with Crippen molar-refractivity contribution >= 4 is 5.69 Å². The summed E-state index contributed by atoms with van der Waals surface area (Å²) in [7, 11) is 0. The Morgan fingerprint density at radius 1 is 1.00 bits per heavy atom. The smallest absolute Gasteiger partial charge is 0.200 e. The van der Waals surface area contributed by atoms with Crippen LogP contribution in [0.5, 0.6) is 0 Å². The number of aromatic nitrogens is 1. The Morgan fingerprint density at radius 3 is 2.14 bits per heavy atom. The molecule has 0 bridgehead atoms. The lowest BCUT2D eigenvalue weighted by atomic mass is 10.2. The number of nitrogens with zero attached hydrogens (tertiary/aromatic N) is 2. The minimum Gasteiger partial charge on any atom is -0.376 e. The molecule has 2 aromatic rings. The van der Waals surface area contributed by atoms with Gasteiger partial charge in [-0.2, -0.15) is 5.26 Å². The molecule has 0 radical (unpaired) electrons. The highest BCUT2D eigenvalue weighted by Crippen LogP contribution is 2.27. The van der Waals surface area contributed by atoms with Gasteiger partial charge in [-0.05, 0) is 6.07 Å². The van der Waals surface area contributed by atoms with E-state index in [9.17, 15) is 22.0 Å². The van der Waals surface area contributed by atoms with Gasteiger partial charge >= 0.3 is 0 Å². The summed E-state index contributed by atoms with van der Waals surface area (Å²) in [4.78, 5) is 3.71. The zero-order valence-corrected chi connectivity index (χ0v) is 10.2. The fourth-order valence-corrected chi connectivity index (χ4v) is 1.63. The molecule has 1 aromatic carbocycles. The molecular weight excluding hydrogens is 293 g/mol. The van der Waals surface area contributed by atoms with E-state index in [1.807, 2.05) is 0 Å². The normalized spacial score (nSPS) is 10.3. The van der Waals surface area contributed by atoms with E-state index in [1.165, 1.54) is 18.3 Å². The standard InChI is InChI=1S/C13H6F5N3/c14-8-9(15)11(17)13(12(18)10(8)16)21-5-6-2-1-3-20-7(6)4-19/h1-3,21H,5H2. The average Bonchev–Trinajstić information content (AvgIpc) is 2.51. The van der Waals surface area contributed by atoms with Crippen LogP contribution >= 0.6 is 0 Å². The van der Waals surface area contributed by atoms with E-state index >= 15 is 0 Å². The van der Waals surface area contributed by atoms with Gasteiger partial charge in [-0.3, -0.25) is 0 Å². The Balaban J connectivity index is 2.36. The van der Waals surface area contributed by atoms with Crippen molar-refractivity contribution in [2.24, 2.45) is 0 Å². The van der Waals surface area contributed by atoms with Crippen molar-refractivity contribution < 1.29 is 22.0 Å². The highest BCUT2D eigenvalue weighted by Gasteiger charge is 2.25. The second kappa shape index (κ2) is 5.75. The minimum absolute atomic E-state index is 0.0196. The monoisotopic (exact) mass is 299 g/mol. The number of nitrogens with one attached hydrogen (secondary N) is 1. The van der Waals surface area contributed by atoms with E-state index < -0.39 is 34.8 Å². The maximum Gasteiger partial charge on any atom is 0.200 e. The third-order valence-electron chi connectivity index (χ3n) is 2.66. The first-order valence-corrected chi connectivity index (χ1v) is 5.56. The van der Waals surface area contributed by atoms with Gasteiger partial charge in [0.2, 0.25) is 5.82 Å². The first-order chi connectivity index (χ1) is 9.97. The van der Waals surface area contributed by atoms with E-state index in [2.05, 4.69) is 10.3 Å². The van der Waals surface area contributed by atoms with Crippen LogP contribution in [0.3, 0.4) is 0 Å². The molecule has 0 aliphatic heterocycles. The molecular formula is C13H6F5N3. The zero-order valence-electron chi connectivity index (χ0n) is 10.2. The van der Waals surface area contributed by atoms with Gasteiger partial charge in [0.1, 0.15) is 17.5 Å². The number of halogens is 5. The van der Waals surface area contributed by atoms with Crippen molar-refractivity contribution in [2.45, 2.75) is 6.54 Å². The first-order valence-electron chi connectivity index (χ1n) is 5.56. The van der Waals surface area contributed by atoms with E-state index in [-0.39, 0.29) is 17.8 Å². The number of benzene rings is 1. The number of anilines is 1. The van der Waals surface area contributed by atoms with Gasteiger partial charge in [-0.1, -0.05) is 6.07 Å². The van der Waals surface area contributed by atoms with E-state index in [4.69, 9.17) is 5.26 Å². The molecule has 1 heterocycles. The number of rotatable bonds is 3. The Morgan fingerprint density at radius 2 is 1.57 bits per heavy atom. The Kier molecular flexibility index (Phi) is 4.03. The lowest BCUT2D eigenvalue weighted by Crippen LogP contribution is -2.10. The number of nitriles is 1. The summed E-state index contributed by atoms with van der Waals surface area (Å²) >= 11 is 0. The van der Waals surface area contributed by atoms with Gasteiger partial charge in [-0.25, -0.2) is 26.9 Å². The largest absolute Gasteiger partial charge is 0.376 e. The van der Waals surface area contributed by atoms with Gasteiger partial charge in [-0.15, -0.1) is 0 Å². The molecule has 21 heavy (non-hydrogen) atoms. The van der Waals surface area contributed by atoms with Crippen molar-refractivity contribution in [2.75, 3.05) is 5.32 Å². The third kappa shape index (κ3) is 2.63. The maximum absolute atomic E-state index is 13.4. The third-order valence-corrected chi connectivity index (χ3v) is 2.66. The van der Waals surface area contributed by atoms with E-state index in [0.29, 0.717) is 0 Å². The number of pyridine rings is 1. The fraction of sp³-hybridized carbons (Fsp3) is 0.0769. The van der Waals surface area contributed by atoms with Gasteiger partial charge in [0.25, 0.3) is 0 Å². The van der Waals surface area contributed by atoms with Gasteiger partial charge in [0.05, 0.1) is 0 Å². The lowest BCUT2D eigenvalue weighted by molar-refractivity contribution is 0.381. The molecule has 0 fully saturated rings. The second-order valence-corrected chi connectivity index (χ2v) is 3.92. The lowest BCUT2D eigenvalue weighted by Gasteiger charge is -2.11. The molecule has 0 aliphatic rings. The topological polar surface area (TPSA) is 48.7 Å². The molecule has 0 saturated carbocycles. The van der Waals surface area contributed by atoms with Crippen molar-refractivity contribution in [1.29, 1.82) is 5.26 Å². The summed E-state index contributed by atoms with van der Waals surface area (Å²) in [6.45, 7) is -0.324. The van der Waals surface area contributed by atoms with Crippen molar-refractivity contribution in [3.63, 3.8) is 0 Å². The van der Waals surface area contributed by atoms with Crippen LogP contribution in [-0.4, -0.2) is 4.98 Å². The van der Waals surface area contributed by atoms with E-state index in [0.717, 1.165) is 0 Å². The molecule has 0 spiro atoms. The molecule has 0 saturated heterocycles. The molecule has 0 atom stereocenters. The average molecular weight is 299 g/mol. The van der Waals surface area contributed by atoms with Gasteiger partial charge < -0.3 is 5.32 Å². The van der Waals surface area contributed by atoms with Crippen LogP contribution in [0.4, 0.5) is 27.6 Å². The summed E-state index contributed by atoms with van der Waals surface area (Å²) in [6.07, 6.45) is 1.33. The molecule has 1 N–H and O–H groups in total. The second-order valence-electron chi connectivity index (χ2n) is 3.92. The maximum atomic E-state index is 13.4. The van der Waals surface area contributed by atoms with E-state index in [1.54, 1.807) is 6.07 Å². The first kappa shape index (κ1) is 14.7. The summed E-state index contributed by atoms with van der Waals surface area (Å²) < 4.78 is 65.7. The van der Waals surface area contributed by atoms with Crippen LogP contribution in [0, 0.1) is 40.4 Å². The van der Waals surface area contributed by atoms with Crippen LogP contribution in [-0.2, 0) is 6.54 Å². The summed E-state index contributed by atoms with van der Waals surface area (Å²) in [5.74, 6) is -10.2. The summed E-state index contributed by atoms with van der Waals surface area (Å²) in [5, 5.41) is 10.9. The summed E-state index contributed by atoms with van der Waals surface area (Å²) in [5.41, 5.74) is -0.919. The number of hydrogen-bond acceptors (Lipinski definition) is 3. The van der Waals surface area contributed by atoms with Crippen LogP contribution in [0.15, 0.2) is 18.3 Å². The molecule has 108 valence electrons. The highest BCUT2D eigenvalue weighted by atomic mass is 19.2. The molecule has 8 heteroatoms. The molecule has 2 rings (SSSR count). The van der Waals surface area contributed by atoms with Crippen molar-refractivity contribution in [3.05, 3.63) is 58.7 Å². The quantitative estimate of drug-likeness (QED) is 0.537. The zero-order chi connectivity index (χ0) is 15.6. The molecule has 0 unspecified atom stereocenters. The molecule has 0 aliphatic carbocycles. The fourth-order valence-electron chi connectivity index (χ4n) is 1.63. The van der Waals surface area contributed by atoms with Gasteiger partial charge in [0, 0.05) is 18.3 Å². The van der Waals surface area contributed by atoms with Crippen molar-refractivity contribution in [1.82, 2.24) is 4.98 Å². The van der Waals surface area contributed by atoms with Crippen LogP contribution < -0.4 is 5.32 Å². The van der Waals surface area contributed by atoms with Crippen LogP contribution in [0.1, 0.15) is 11.3 Å². The Bertz CT molecular complexity index is 710. The van der Waals surface area contributed by atoms with Crippen LogP contribution in [0.25, 0.3) is 0 Å². The summed E-state index contributed by atoms with van der Waals surface area (Å²) in [6, 6.07) is 4.65. The molecule has 1 aromatic heterocycles. The highest BCUT2D eigenvalue weighted by molar-refractivity contribution is 5.48. The number of hydrogen-bond donors (Lipinski definition) is 1. The predicted molar refractivity (Wildman–Crippen MR) is 62.5 cm³/mol. The minimum atomic E-state index is -2.23. The Labute approximate surface area is 115 Å². The predicted octanol–water partition coefficient (Wildman–Crippen LogP) is 3.26.